The monoisotopic (exact) mass is 367 g/mol. The molecule has 2 rings (SSSR count). The number of carbonyl (C=O) groups excluding carboxylic acids is 1. The van der Waals surface area contributed by atoms with Crippen LogP contribution in [0.3, 0.4) is 0 Å². The van der Waals surface area contributed by atoms with Gasteiger partial charge >= 0.3 is 0 Å². The zero-order valence-electron chi connectivity index (χ0n) is 13.2. The molecule has 6 heteroatoms. The SMILES string of the molecule is CN(C)c1ccc(/C=N\NC(=O)C[NH+]2CCCCC2)cc1Br. The molecule has 1 aliphatic heterocycles. The minimum atomic E-state index is -0.0165. The highest BCUT2D eigenvalue weighted by Gasteiger charge is 2.16. The summed E-state index contributed by atoms with van der Waals surface area (Å²) in [5.41, 5.74) is 4.67. The Morgan fingerprint density at radius 3 is 2.73 bits per heavy atom. The number of hydrazone groups is 1. The smallest absolute Gasteiger partial charge is 0.295 e. The van der Waals surface area contributed by atoms with Gasteiger partial charge in [-0.3, -0.25) is 4.79 Å². The van der Waals surface area contributed by atoms with Crippen LogP contribution in [0.5, 0.6) is 0 Å². The molecule has 0 atom stereocenters. The lowest BCUT2D eigenvalue weighted by atomic mass is 10.1. The minimum absolute atomic E-state index is 0.0165. The molecule has 1 fully saturated rings. The number of nitrogens with one attached hydrogen (secondary N) is 2. The number of amides is 1. The number of nitrogens with zero attached hydrogens (tertiary/aromatic N) is 2. The van der Waals surface area contributed by atoms with Gasteiger partial charge in [-0.1, -0.05) is 6.07 Å². The third kappa shape index (κ3) is 5.10. The summed E-state index contributed by atoms with van der Waals surface area (Å²) in [7, 11) is 3.99. The number of hydrogen-bond acceptors (Lipinski definition) is 3. The fourth-order valence-electron chi connectivity index (χ4n) is 2.64. The molecule has 1 saturated heterocycles. The van der Waals surface area contributed by atoms with Crippen LogP contribution in [-0.2, 0) is 4.79 Å². The third-order valence-electron chi connectivity index (χ3n) is 3.83. The average Bonchev–Trinajstić information content (AvgIpc) is 2.48. The van der Waals surface area contributed by atoms with Crippen LogP contribution in [0.25, 0.3) is 0 Å². The maximum Gasteiger partial charge on any atom is 0.295 e. The summed E-state index contributed by atoms with van der Waals surface area (Å²) in [4.78, 5) is 15.2. The summed E-state index contributed by atoms with van der Waals surface area (Å²) in [6.07, 6.45) is 5.41. The van der Waals surface area contributed by atoms with E-state index in [0.29, 0.717) is 6.54 Å². The Kier molecular flexibility index (Phi) is 6.39. The standard InChI is InChI=1S/C16H23BrN4O/c1-20(2)15-7-6-13(10-14(15)17)11-18-19-16(22)12-21-8-4-3-5-9-21/h6-7,10-11H,3-5,8-9,12H2,1-2H3,(H,19,22)/p+1/b18-11-. The van der Waals surface area contributed by atoms with Crippen LogP contribution in [0.15, 0.2) is 27.8 Å². The molecule has 0 aliphatic carbocycles. The van der Waals surface area contributed by atoms with E-state index in [9.17, 15) is 4.79 Å². The van der Waals surface area contributed by atoms with E-state index >= 15 is 0 Å². The zero-order chi connectivity index (χ0) is 15.9. The molecule has 0 radical (unpaired) electrons. The van der Waals surface area contributed by atoms with Crippen LogP contribution in [0, 0.1) is 0 Å². The largest absolute Gasteiger partial charge is 0.377 e. The lowest BCUT2D eigenvalue weighted by Crippen LogP contribution is -3.13. The molecule has 1 aliphatic rings. The van der Waals surface area contributed by atoms with E-state index in [1.54, 1.807) is 6.21 Å². The number of likely N-dealkylation sites (tertiary alicyclic amines) is 1. The van der Waals surface area contributed by atoms with Gasteiger partial charge in [-0.25, -0.2) is 5.43 Å². The van der Waals surface area contributed by atoms with Crippen molar-refractivity contribution < 1.29 is 9.69 Å². The molecule has 0 aromatic heterocycles. The quantitative estimate of drug-likeness (QED) is 0.603. The van der Waals surface area contributed by atoms with Crippen molar-refractivity contribution in [3.8, 4) is 0 Å². The molecule has 1 aromatic carbocycles. The summed E-state index contributed by atoms with van der Waals surface area (Å²) in [5.74, 6) is -0.0165. The van der Waals surface area contributed by atoms with Crippen LogP contribution < -0.4 is 15.2 Å². The van der Waals surface area contributed by atoms with Crippen LogP contribution in [0.2, 0.25) is 0 Å². The first-order valence-corrected chi connectivity index (χ1v) is 8.48. The van der Waals surface area contributed by atoms with Gasteiger partial charge in [0, 0.05) is 18.6 Å². The first-order valence-electron chi connectivity index (χ1n) is 7.68. The van der Waals surface area contributed by atoms with Crippen molar-refractivity contribution in [2.24, 2.45) is 5.10 Å². The van der Waals surface area contributed by atoms with E-state index in [2.05, 4.69) is 26.5 Å². The Hall–Kier alpha value is -1.40. The summed E-state index contributed by atoms with van der Waals surface area (Å²) in [5, 5.41) is 4.05. The first-order chi connectivity index (χ1) is 10.6. The molecular weight excluding hydrogens is 344 g/mol. The highest BCUT2D eigenvalue weighted by Crippen LogP contribution is 2.25. The molecule has 1 amide bonds. The normalized spacial score (nSPS) is 16.0. The maximum atomic E-state index is 11.9. The molecule has 1 heterocycles. The van der Waals surface area contributed by atoms with Gasteiger partial charge in [0.15, 0.2) is 6.54 Å². The van der Waals surface area contributed by atoms with Crippen molar-refractivity contribution in [3.63, 3.8) is 0 Å². The van der Waals surface area contributed by atoms with E-state index in [-0.39, 0.29) is 5.91 Å². The molecule has 5 nitrogen and oxygen atoms in total. The molecular formula is C16H24BrN4O+. The molecule has 0 unspecified atom stereocenters. The number of anilines is 1. The van der Waals surface area contributed by atoms with Gasteiger partial charge in [-0.15, -0.1) is 0 Å². The van der Waals surface area contributed by atoms with Crippen molar-refractivity contribution in [2.75, 3.05) is 38.6 Å². The molecule has 0 bridgehead atoms. The highest BCUT2D eigenvalue weighted by molar-refractivity contribution is 9.10. The lowest BCUT2D eigenvalue weighted by Gasteiger charge is -2.22. The first kappa shape index (κ1) is 17.0. The third-order valence-corrected chi connectivity index (χ3v) is 4.46. The Morgan fingerprint density at radius 1 is 1.36 bits per heavy atom. The van der Waals surface area contributed by atoms with Gasteiger partial charge in [-0.05, 0) is 52.9 Å². The van der Waals surface area contributed by atoms with Gasteiger partial charge < -0.3 is 9.80 Å². The Balaban J connectivity index is 1.84. The number of carbonyl (C=O) groups is 1. The molecule has 0 spiro atoms. The number of benzene rings is 1. The summed E-state index contributed by atoms with van der Waals surface area (Å²) in [6.45, 7) is 2.70. The fourth-order valence-corrected chi connectivity index (χ4v) is 3.39. The van der Waals surface area contributed by atoms with Crippen LogP contribution in [-0.4, -0.2) is 45.9 Å². The summed E-state index contributed by atoms with van der Waals surface area (Å²) < 4.78 is 1.01. The van der Waals surface area contributed by atoms with Crippen molar-refractivity contribution in [3.05, 3.63) is 28.2 Å². The van der Waals surface area contributed by atoms with Gasteiger partial charge in [0.05, 0.1) is 25.0 Å². The molecule has 22 heavy (non-hydrogen) atoms. The average molecular weight is 368 g/mol. The van der Waals surface area contributed by atoms with E-state index in [1.807, 2.05) is 37.2 Å². The molecule has 120 valence electrons. The Labute approximate surface area is 140 Å². The second-order valence-electron chi connectivity index (χ2n) is 5.89. The Morgan fingerprint density at radius 2 is 2.09 bits per heavy atom. The number of quaternary nitrogens is 1. The molecule has 0 saturated carbocycles. The van der Waals surface area contributed by atoms with E-state index < -0.39 is 0 Å². The predicted octanol–water partition coefficient (Wildman–Crippen LogP) is 1.03. The van der Waals surface area contributed by atoms with Crippen LogP contribution in [0.4, 0.5) is 5.69 Å². The van der Waals surface area contributed by atoms with Crippen molar-refractivity contribution in [2.45, 2.75) is 19.3 Å². The summed E-state index contributed by atoms with van der Waals surface area (Å²) in [6, 6.07) is 5.98. The van der Waals surface area contributed by atoms with Gasteiger partial charge in [0.25, 0.3) is 5.91 Å². The maximum absolute atomic E-state index is 11.9. The molecule has 2 N–H and O–H groups in total. The minimum Gasteiger partial charge on any atom is -0.377 e. The second kappa shape index (κ2) is 8.29. The van der Waals surface area contributed by atoms with E-state index in [4.69, 9.17) is 0 Å². The second-order valence-corrected chi connectivity index (χ2v) is 6.74. The molecule has 1 aromatic rings. The van der Waals surface area contributed by atoms with Crippen molar-refractivity contribution in [1.82, 2.24) is 5.43 Å². The number of halogens is 1. The Bertz CT molecular complexity index is 539. The summed E-state index contributed by atoms with van der Waals surface area (Å²) >= 11 is 3.54. The lowest BCUT2D eigenvalue weighted by molar-refractivity contribution is -0.896. The van der Waals surface area contributed by atoms with Crippen LogP contribution >= 0.6 is 15.9 Å². The fraction of sp³-hybridized carbons (Fsp3) is 0.500. The number of rotatable bonds is 5. The highest BCUT2D eigenvalue weighted by atomic mass is 79.9. The van der Waals surface area contributed by atoms with Crippen molar-refractivity contribution in [1.29, 1.82) is 0 Å². The number of piperidine rings is 1. The predicted molar refractivity (Wildman–Crippen MR) is 93.6 cm³/mol. The van der Waals surface area contributed by atoms with Crippen molar-refractivity contribution >= 4 is 33.7 Å². The number of hydrogen-bond donors (Lipinski definition) is 2. The van der Waals surface area contributed by atoms with Gasteiger partial charge in [-0.2, -0.15) is 5.10 Å². The van der Waals surface area contributed by atoms with Gasteiger partial charge in [0.2, 0.25) is 0 Å². The topological polar surface area (TPSA) is 49.1 Å². The van der Waals surface area contributed by atoms with E-state index in [1.165, 1.54) is 24.2 Å². The van der Waals surface area contributed by atoms with E-state index in [0.717, 1.165) is 28.8 Å². The van der Waals surface area contributed by atoms with Gasteiger partial charge in [0.1, 0.15) is 0 Å². The zero-order valence-corrected chi connectivity index (χ0v) is 14.8. The van der Waals surface area contributed by atoms with Crippen LogP contribution in [0.1, 0.15) is 24.8 Å².